The smallest absolute Gasteiger partial charge is 0.253 e. The summed E-state index contributed by atoms with van der Waals surface area (Å²) >= 11 is 0. The number of hydrogen-bond donors (Lipinski definition) is 0. The maximum atomic E-state index is 12.7. The summed E-state index contributed by atoms with van der Waals surface area (Å²) in [6.07, 6.45) is 0.181. The Hall–Kier alpha value is -2.49. The van der Waals surface area contributed by atoms with Crippen molar-refractivity contribution < 1.29 is 9.53 Å². The van der Waals surface area contributed by atoms with Gasteiger partial charge in [-0.3, -0.25) is 4.79 Å². The lowest BCUT2D eigenvalue weighted by Gasteiger charge is -2.36. The highest BCUT2D eigenvalue weighted by molar-refractivity contribution is 5.94. The summed E-state index contributed by atoms with van der Waals surface area (Å²) in [5.41, 5.74) is 4.35. The standard InChI is InChI=1S/C22H28N2O2/c1-16(2)26-21-9-7-20(8-10-21)23-11-13-24(14-12-23)22(25)19-6-5-17(3)18(4)15-19/h5-10,15-16H,11-14H2,1-4H3. The molecule has 1 amide bonds. The van der Waals surface area contributed by atoms with E-state index < -0.39 is 0 Å². The molecule has 3 rings (SSSR count). The lowest BCUT2D eigenvalue weighted by atomic mass is 10.1. The van der Waals surface area contributed by atoms with E-state index in [1.807, 2.05) is 49.1 Å². The Kier molecular flexibility index (Phi) is 5.50. The van der Waals surface area contributed by atoms with Crippen LogP contribution in [0.15, 0.2) is 42.5 Å². The number of anilines is 1. The Morgan fingerprint density at radius 3 is 2.15 bits per heavy atom. The highest BCUT2D eigenvalue weighted by Gasteiger charge is 2.22. The van der Waals surface area contributed by atoms with E-state index in [9.17, 15) is 4.79 Å². The minimum Gasteiger partial charge on any atom is -0.491 e. The van der Waals surface area contributed by atoms with Gasteiger partial charge in [0.1, 0.15) is 5.75 Å². The van der Waals surface area contributed by atoms with E-state index in [1.54, 1.807) is 0 Å². The van der Waals surface area contributed by atoms with E-state index in [1.165, 1.54) is 11.3 Å². The van der Waals surface area contributed by atoms with Crippen molar-refractivity contribution >= 4 is 11.6 Å². The van der Waals surface area contributed by atoms with Crippen molar-refractivity contribution in [1.29, 1.82) is 0 Å². The van der Waals surface area contributed by atoms with Gasteiger partial charge in [0.25, 0.3) is 5.91 Å². The molecule has 0 saturated carbocycles. The first-order chi connectivity index (χ1) is 12.4. The second kappa shape index (κ2) is 7.81. The first-order valence-electron chi connectivity index (χ1n) is 9.32. The molecule has 26 heavy (non-hydrogen) atoms. The molecule has 0 radical (unpaired) electrons. The van der Waals surface area contributed by atoms with Crippen LogP contribution in [0, 0.1) is 13.8 Å². The molecule has 0 aliphatic carbocycles. The molecule has 0 spiro atoms. The number of rotatable bonds is 4. The summed E-state index contributed by atoms with van der Waals surface area (Å²) < 4.78 is 5.70. The summed E-state index contributed by atoms with van der Waals surface area (Å²) in [5, 5.41) is 0. The summed E-state index contributed by atoms with van der Waals surface area (Å²) in [7, 11) is 0. The average molecular weight is 352 g/mol. The number of carbonyl (C=O) groups is 1. The first kappa shape index (κ1) is 18.3. The lowest BCUT2D eigenvalue weighted by Crippen LogP contribution is -2.48. The third-order valence-corrected chi connectivity index (χ3v) is 4.89. The predicted molar refractivity (Wildman–Crippen MR) is 106 cm³/mol. The van der Waals surface area contributed by atoms with Gasteiger partial charge in [-0.05, 0) is 75.2 Å². The molecule has 0 unspecified atom stereocenters. The number of piperazine rings is 1. The highest BCUT2D eigenvalue weighted by atomic mass is 16.5. The quantitative estimate of drug-likeness (QED) is 0.832. The number of carbonyl (C=O) groups excluding carboxylic acids is 1. The zero-order valence-corrected chi connectivity index (χ0v) is 16.2. The number of amides is 1. The van der Waals surface area contributed by atoms with E-state index in [0.29, 0.717) is 0 Å². The van der Waals surface area contributed by atoms with E-state index in [2.05, 4.69) is 30.9 Å². The lowest BCUT2D eigenvalue weighted by molar-refractivity contribution is 0.0746. The molecule has 1 saturated heterocycles. The molecule has 2 aromatic rings. The highest BCUT2D eigenvalue weighted by Crippen LogP contribution is 2.22. The molecule has 2 aromatic carbocycles. The predicted octanol–water partition coefficient (Wildman–Crippen LogP) is 4.05. The zero-order chi connectivity index (χ0) is 18.7. The van der Waals surface area contributed by atoms with Crippen molar-refractivity contribution in [2.24, 2.45) is 0 Å². The molecule has 4 heteroatoms. The SMILES string of the molecule is Cc1ccc(C(=O)N2CCN(c3ccc(OC(C)C)cc3)CC2)cc1C. The van der Waals surface area contributed by atoms with Crippen LogP contribution in [-0.2, 0) is 0 Å². The molecule has 1 fully saturated rings. The minimum absolute atomic E-state index is 0.133. The maximum absolute atomic E-state index is 12.7. The molecular formula is C22H28N2O2. The number of aryl methyl sites for hydroxylation is 2. The van der Waals surface area contributed by atoms with Crippen LogP contribution in [0.1, 0.15) is 35.3 Å². The van der Waals surface area contributed by atoms with Gasteiger partial charge in [0, 0.05) is 37.4 Å². The van der Waals surface area contributed by atoms with Gasteiger partial charge in [0.15, 0.2) is 0 Å². The number of benzene rings is 2. The van der Waals surface area contributed by atoms with Gasteiger partial charge in [0.05, 0.1) is 6.10 Å². The van der Waals surface area contributed by atoms with Gasteiger partial charge in [0.2, 0.25) is 0 Å². The van der Waals surface area contributed by atoms with Crippen molar-refractivity contribution in [2.75, 3.05) is 31.1 Å². The van der Waals surface area contributed by atoms with Crippen molar-refractivity contribution in [3.05, 3.63) is 59.2 Å². The van der Waals surface area contributed by atoms with Crippen LogP contribution >= 0.6 is 0 Å². The molecule has 138 valence electrons. The second-order valence-electron chi connectivity index (χ2n) is 7.24. The molecule has 0 aromatic heterocycles. The summed E-state index contributed by atoms with van der Waals surface area (Å²) in [5.74, 6) is 1.03. The number of hydrogen-bond acceptors (Lipinski definition) is 3. The van der Waals surface area contributed by atoms with Gasteiger partial charge in [-0.2, -0.15) is 0 Å². The van der Waals surface area contributed by atoms with Crippen LogP contribution in [-0.4, -0.2) is 43.1 Å². The molecule has 0 N–H and O–H groups in total. The summed E-state index contributed by atoms with van der Waals surface area (Å²) in [6.45, 7) is 11.4. The van der Waals surface area contributed by atoms with Crippen molar-refractivity contribution in [1.82, 2.24) is 4.90 Å². The van der Waals surface area contributed by atoms with Crippen molar-refractivity contribution in [3.8, 4) is 5.75 Å². The zero-order valence-electron chi connectivity index (χ0n) is 16.2. The van der Waals surface area contributed by atoms with E-state index in [-0.39, 0.29) is 12.0 Å². The van der Waals surface area contributed by atoms with Gasteiger partial charge in [-0.1, -0.05) is 6.07 Å². The molecule has 1 aliphatic rings. The second-order valence-corrected chi connectivity index (χ2v) is 7.24. The van der Waals surface area contributed by atoms with Crippen LogP contribution in [0.2, 0.25) is 0 Å². The van der Waals surface area contributed by atoms with Gasteiger partial charge in [-0.25, -0.2) is 0 Å². The molecule has 4 nitrogen and oxygen atoms in total. The van der Waals surface area contributed by atoms with Gasteiger partial charge in [-0.15, -0.1) is 0 Å². The van der Waals surface area contributed by atoms with Gasteiger partial charge < -0.3 is 14.5 Å². The fraction of sp³-hybridized carbons (Fsp3) is 0.409. The van der Waals surface area contributed by atoms with Crippen LogP contribution in [0.3, 0.4) is 0 Å². The monoisotopic (exact) mass is 352 g/mol. The van der Waals surface area contributed by atoms with E-state index >= 15 is 0 Å². The van der Waals surface area contributed by atoms with Crippen molar-refractivity contribution in [2.45, 2.75) is 33.8 Å². The topological polar surface area (TPSA) is 32.8 Å². The fourth-order valence-electron chi connectivity index (χ4n) is 3.23. The molecule has 0 bridgehead atoms. The molecule has 1 aliphatic heterocycles. The normalized spacial score (nSPS) is 14.7. The fourth-order valence-corrected chi connectivity index (χ4v) is 3.23. The number of nitrogens with zero attached hydrogens (tertiary/aromatic N) is 2. The first-order valence-corrected chi connectivity index (χ1v) is 9.32. The summed E-state index contributed by atoms with van der Waals surface area (Å²) in [6, 6.07) is 14.2. The van der Waals surface area contributed by atoms with Crippen molar-refractivity contribution in [3.63, 3.8) is 0 Å². The Labute approximate surface area is 156 Å². The Morgan fingerprint density at radius 2 is 1.58 bits per heavy atom. The van der Waals surface area contributed by atoms with Crippen LogP contribution in [0.25, 0.3) is 0 Å². The Balaban J connectivity index is 1.60. The Bertz CT molecular complexity index is 760. The maximum Gasteiger partial charge on any atom is 0.253 e. The van der Waals surface area contributed by atoms with Gasteiger partial charge >= 0.3 is 0 Å². The summed E-state index contributed by atoms with van der Waals surface area (Å²) in [4.78, 5) is 17.0. The molecular weight excluding hydrogens is 324 g/mol. The van der Waals surface area contributed by atoms with Crippen LogP contribution in [0.4, 0.5) is 5.69 Å². The number of ether oxygens (including phenoxy) is 1. The molecule has 0 atom stereocenters. The van der Waals surface area contributed by atoms with Crippen LogP contribution < -0.4 is 9.64 Å². The average Bonchev–Trinajstić information content (AvgIpc) is 2.64. The van der Waals surface area contributed by atoms with E-state index in [0.717, 1.165) is 43.1 Å². The van der Waals surface area contributed by atoms with E-state index in [4.69, 9.17) is 4.74 Å². The minimum atomic E-state index is 0.133. The van der Waals surface area contributed by atoms with Crippen LogP contribution in [0.5, 0.6) is 5.75 Å². The largest absolute Gasteiger partial charge is 0.491 e. The molecule has 1 heterocycles. The third-order valence-electron chi connectivity index (χ3n) is 4.89. The third kappa shape index (κ3) is 4.18. The Morgan fingerprint density at radius 1 is 0.923 bits per heavy atom.